The van der Waals surface area contributed by atoms with Gasteiger partial charge in [-0.15, -0.1) is 0 Å². The van der Waals surface area contributed by atoms with Gasteiger partial charge >= 0.3 is 5.97 Å². The van der Waals surface area contributed by atoms with Crippen LogP contribution < -0.4 is 0 Å². The van der Waals surface area contributed by atoms with E-state index in [4.69, 9.17) is 11.6 Å². The van der Waals surface area contributed by atoms with Gasteiger partial charge in [-0.05, 0) is 6.42 Å². The van der Waals surface area contributed by atoms with E-state index in [1.807, 2.05) is 6.92 Å². The Bertz CT molecular complexity index is 309. The first-order valence-corrected chi connectivity index (χ1v) is 4.38. The molecule has 0 aliphatic heterocycles. The number of aryl methyl sites for hydroxylation is 1. The van der Waals surface area contributed by atoms with Gasteiger partial charge in [0.2, 0.25) is 0 Å². The fraction of sp³-hybridized carbons (Fsp3) is 0.500. The van der Waals surface area contributed by atoms with Gasteiger partial charge in [0.05, 0.1) is 7.11 Å². The van der Waals surface area contributed by atoms with Crippen molar-refractivity contribution in [2.75, 3.05) is 7.11 Å². The summed E-state index contributed by atoms with van der Waals surface area (Å²) >= 11 is 5.66. The van der Waals surface area contributed by atoms with Gasteiger partial charge in [-0.1, -0.05) is 18.5 Å². The second-order valence-corrected chi connectivity index (χ2v) is 2.95. The number of hydrogen-bond donors (Lipinski definition) is 0. The molecule has 0 saturated heterocycles. The molecule has 0 N–H and O–H groups in total. The lowest BCUT2D eigenvalue weighted by Crippen LogP contribution is -2.11. The van der Waals surface area contributed by atoms with Crippen molar-refractivity contribution in [3.05, 3.63) is 16.9 Å². The lowest BCUT2D eigenvalue weighted by molar-refractivity contribution is 0.0586. The summed E-state index contributed by atoms with van der Waals surface area (Å²) in [7, 11) is 1.33. The van der Waals surface area contributed by atoms with Gasteiger partial charge in [0.15, 0.2) is 5.15 Å². The highest BCUT2D eigenvalue weighted by atomic mass is 35.5. The van der Waals surface area contributed by atoms with E-state index in [1.165, 1.54) is 13.2 Å². The normalized spacial score (nSPS) is 10.1. The Morgan fingerprint density at radius 2 is 2.46 bits per heavy atom. The number of nitrogens with zero attached hydrogens (tertiary/aromatic N) is 2. The third-order valence-electron chi connectivity index (χ3n) is 1.58. The molecular weight excluding hydrogens is 192 g/mol. The number of hydrogen-bond acceptors (Lipinski definition) is 3. The first kappa shape index (κ1) is 10.1. The number of ether oxygens (including phenoxy) is 1. The van der Waals surface area contributed by atoms with Crippen molar-refractivity contribution >= 4 is 17.6 Å². The minimum absolute atomic E-state index is 0.314. The summed E-state index contributed by atoms with van der Waals surface area (Å²) in [4.78, 5) is 11.2. The van der Waals surface area contributed by atoms with Gasteiger partial charge < -0.3 is 4.74 Å². The maximum absolute atomic E-state index is 11.2. The Kier molecular flexibility index (Phi) is 3.31. The summed E-state index contributed by atoms with van der Waals surface area (Å²) in [6.07, 6.45) is 0.891. The van der Waals surface area contributed by atoms with Crippen LogP contribution in [0.15, 0.2) is 6.07 Å². The summed E-state index contributed by atoms with van der Waals surface area (Å²) < 4.78 is 6.13. The van der Waals surface area contributed by atoms with E-state index in [0.29, 0.717) is 17.4 Å². The van der Waals surface area contributed by atoms with E-state index in [2.05, 4.69) is 9.84 Å². The number of halogens is 1. The fourth-order valence-electron chi connectivity index (χ4n) is 1.04. The molecule has 0 bridgehead atoms. The summed E-state index contributed by atoms with van der Waals surface area (Å²) in [5, 5.41) is 4.26. The molecule has 5 heteroatoms. The van der Waals surface area contributed by atoms with Crippen molar-refractivity contribution in [2.24, 2.45) is 0 Å². The number of esters is 1. The predicted molar refractivity (Wildman–Crippen MR) is 48.9 cm³/mol. The third kappa shape index (κ3) is 2.21. The van der Waals surface area contributed by atoms with Crippen LogP contribution in [0.1, 0.15) is 23.8 Å². The Labute approximate surface area is 81.4 Å². The lowest BCUT2D eigenvalue weighted by Gasteiger charge is -2.02. The van der Waals surface area contributed by atoms with Crippen LogP contribution in [0.5, 0.6) is 0 Å². The second-order valence-electron chi connectivity index (χ2n) is 2.57. The molecule has 0 radical (unpaired) electrons. The van der Waals surface area contributed by atoms with Gasteiger partial charge in [0, 0.05) is 12.6 Å². The highest BCUT2D eigenvalue weighted by Gasteiger charge is 2.13. The average molecular weight is 203 g/mol. The van der Waals surface area contributed by atoms with Crippen LogP contribution in [0.4, 0.5) is 0 Å². The quantitative estimate of drug-likeness (QED) is 0.702. The molecule has 72 valence electrons. The van der Waals surface area contributed by atoms with Crippen molar-refractivity contribution in [1.82, 2.24) is 9.78 Å². The van der Waals surface area contributed by atoms with Crippen LogP contribution in [0.2, 0.25) is 5.15 Å². The molecule has 0 amide bonds. The number of rotatable bonds is 3. The Morgan fingerprint density at radius 1 is 1.77 bits per heavy atom. The fourth-order valence-corrected chi connectivity index (χ4v) is 1.23. The highest BCUT2D eigenvalue weighted by molar-refractivity contribution is 6.29. The van der Waals surface area contributed by atoms with Gasteiger partial charge in [0.25, 0.3) is 0 Å². The topological polar surface area (TPSA) is 44.1 Å². The zero-order valence-electron chi connectivity index (χ0n) is 7.58. The van der Waals surface area contributed by atoms with Crippen LogP contribution >= 0.6 is 11.6 Å². The molecule has 0 fully saturated rings. The Hall–Kier alpha value is -1.03. The zero-order valence-corrected chi connectivity index (χ0v) is 8.34. The molecule has 0 aliphatic carbocycles. The molecule has 1 aromatic heterocycles. The molecule has 0 aliphatic rings. The summed E-state index contributed by atoms with van der Waals surface area (Å²) in [6.45, 7) is 2.66. The summed E-state index contributed by atoms with van der Waals surface area (Å²) in [5.41, 5.74) is 0.398. The smallest absolute Gasteiger partial charge is 0.356 e. The number of carbonyl (C=O) groups is 1. The largest absolute Gasteiger partial charge is 0.464 e. The molecule has 13 heavy (non-hydrogen) atoms. The van der Waals surface area contributed by atoms with E-state index in [9.17, 15) is 4.79 Å². The van der Waals surface area contributed by atoms with Crippen LogP contribution in [-0.2, 0) is 11.3 Å². The maximum Gasteiger partial charge on any atom is 0.356 e. The molecule has 4 nitrogen and oxygen atoms in total. The minimum Gasteiger partial charge on any atom is -0.464 e. The van der Waals surface area contributed by atoms with E-state index in [0.717, 1.165) is 6.42 Å². The molecule has 1 aromatic rings. The summed E-state index contributed by atoms with van der Waals surface area (Å²) in [6, 6.07) is 1.50. The third-order valence-corrected chi connectivity index (χ3v) is 1.76. The van der Waals surface area contributed by atoms with E-state index in [1.54, 1.807) is 4.68 Å². The molecular formula is C8H11ClN2O2. The van der Waals surface area contributed by atoms with Crippen molar-refractivity contribution in [3.8, 4) is 0 Å². The SMILES string of the molecule is CCCn1nc(Cl)cc1C(=O)OC. The molecule has 1 rings (SSSR count). The zero-order chi connectivity index (χ0) is 9.84. The molecule has 1 heterocycles. The van der Waals surface area contributed by atoms with E-state index < -0.39 is 5.97 Å². The summed E-state index contributed by atoms with van der Waals surface area (Å²) in [5.74, 6) is -0.409. The molecule has 0 saturated carbocycles. The number of carbonyl (C=O) groups excluding carboxylic acids is 1. The van der Waals surface area contributed by atoms with Crippen molar-refractivity contribution in [2.45, 2.75) is 19.9 Å². The lowest BCUT2D eigenvalue weighted by atomic mass is 10.4. The van der Waals surface area contributed by atoms with Crippen LogP contribution in [0.25, 0.3) is 0 Å². The molecule has 0 aromatic carbocycles. The Morgan fingerprint density at radius 3 is 3.00 bits per heavy atom. The first-order chi connectivity index (χ1) is 6.19. The average Bonchev–Trinajstić information content (AvgIpc) is 2.46. The van der Waals surface area contributed by atoms with Crippen LogP contribution in [0, 0.1) is 0 Å². The van der Waals surface area contributed by atoms with Crippen molar-refractivity contribution in [3.63, 3.8) is 0 Å². The molecule has 0 unspecified atom stereocenters. The molecule has 0 atom stereocenters. The Balaban J connectivity index is 2.96. The highest BCUT2D eigenvalue weighted by Crippen LogP contribution is 2.11. The maximum atomic E-state index is 11.2. The van der Waals surface area contributed by atoms with Gasteiger partial charge in [-0.2, -0.15) is 5.10 Å². The minimum atomic E-state index is -0.409. The van der Waals surface area contributed by atoms with E-state index in [-0.39, 0.29) is 0 Å². The van der Waals surface area contributed by atoms with E-state index >= 15 is 0 Å². The molecule has 0 spiro atoms. The second kappa shape index (κ2) is 4.28. The number of methoxy groups -OCH3 is 1. The van der Waals surface area contributed by atoms with Gasteiger partial charge in [-0.3, -0.25) is 4.68 Å². The standard InChI is InChI=1S/C8H11ClN2O2/c1-3-4-11-6(8(12)13-2)5-7(9)10-11/h5H,3-4H2,1-2H3. The van der Waals surface area contributed by atoms with Crippen LogP contribution in [-0.4, -0.2) is 22.9 Å². The predicted octanol–water partition coefficient (Wildman–Crippen LogP) is 1.73. The monoisotopic (exact) mass is 202 g/mol. The van der Waals surface area contributed by atoms with Crippen molar-refractivity contribution < 1.29 is 9.53 Å². The van der Waals surface area contributed by atoms with Crippen molar-refractivity contribution in [1.29, 1.82) is 0 Å². The van der Waals surface area contributed by atoms with Gasteiger partial charge in [0.1, 0.15) is 5.69 Å². The van der Waals surface area contributed by atoms with Gasteiger partial charge in [-0.25, -0.2) is 4.79 Å². The van der Waals surface area contributed by atoms with Crippen LogP contribution in [0.3, 0.4) is 0 Å². The number of aromatic nitrogens is 2. The first-order valence-electron chi connectivity index (χ1n) is 4.00.